The third kappa shape index (κ3) is 4.90. The van der Waals surface area contributed by atoms with Gasteiger partial charge in [0.2, 0.25) is 5.95 Å². The molecule has 2 heterocycles. The maximum atomic E-state index is 10.3. The number of nitrogens with two attached hydrogens (primary N) is 1. The molecular formula is C25H35N7O. The standard InChI is InChI=1S/C25H35N7O/c1-16-7-12-21(33)17(13-16)14-27-23-22-24(32(15-28-22)20-5-3-2-4-6-20)31-25(30-23)29-19-10-8-18(26)9-11-19/h7,12-13,15,18-20,33H,2-6,8-11,14,26H2,1H3,(H2,27,29,30,31). The molecule has 2 aromatic heterocycles. The lowest BCUT2D eigenvalue weighted by Crippen LogP contribution is -2.33. The molecule has 2 aliphatic rings. The highest BCUT2D eigenvalue weighted by atomic mass is 16.3. The van der Waals surface area contributed by atoms with E-state index >= 15 is 0 Å². The maximum absolute atomic E-state index is 10.3. The van der Waals surface area contributed by atoms with Crippen molar-refractivity contribution in [3.8, 4) is 5.75 Å². The molecule has 176 valence electrons. The van der Waals surface area contributed by atoms with Gasteiger partial charge in [0, 0.05) is 30.2 Å². The van der Waals surface area contributed by atoms with Gasteiger partial charge in [0.25, 0.3) is 0 Å². The first-order chi connectivity index (χ1) is 16.1. The second kappa shape index (κ2) is 9.55. The molecule has 0 aliphatic heterocycles. The summed E-state index contributed by atoms with van der Waals surface area (Å²) in [6.07, 6.45) is 12.2. The minimum atomic E-state index is 0.281. The largest absolute Gasteiger partial charge is 0.508 e. The smallest absolute Gasteiger partial charge is 0.227 e. The highest BCUT2D eigenvalue weighted by Gasteiger charge is 2.23. The summed E-state index contributed by atoms with van der Waals surface area (Å²) < 4.78 is 2.24. The van der Waals surface area contributed by atoms with E-state index in [4.69, 9.17) is 20.7 Å². The number of phenols is 1. The van der Waals surface area contributed by atoms with Crippen LogP contribution in [0.1, 0.15) is 75.0 Å². The van der Waals surface area contributed by atoms with Crippen LogP contribution >= 0.6 is 0 Å². The molecule has 0 atom stereocenters. The van der Waals surface area contributed by atoms with E-state index < -0.39 is 0 Å². The number of fused-ring (bicyclic) bond motifs is 1. The lowest BCUT2D eigenvalue weighted by Gasteiger charge is -2.27. The lowest BCUT2D eigenvalue weighted by molar-refractivity contribution is 0.358. The number of phenolic OH excluding ortho intramolecular Hbond substituents is 1. The van der Waals surface area contributed by atoms with Crippen LogP contribution in [0, 0.1) is 6.92 Å². The lowest BCUT2D eigenvalue weighted by atomic mass is 9.92. The van der Waals surface area contributed by atoms with Crippen molar-refractivity contribution in [2.45, 2.75) is 89.4 Å². The Balaban J connectivity index is 1.46. The van der Waals surface area contributed by atoms with Gasteiger partial charge in [-0.2, -0.15) is 9.97 Å². The van der Waals surface area contributed by atoms with Gasteiger partial charge in [-0.3, -0.25) is 0 Å². The van der Waals surface area contributed by atoms with Gasteiger partial charge in [0.1, 0.15) is 5.75 Å². The highest BCUT2D eigenvalue weighted by Crippen LogP contribution is 2.32. The molecule has 0 spiro atoms. The summed E-state index contributed by atoms with van der Waals surface area (Å²) in [6, 6.07) is 6.71. The zero-order chi connectivity index (χ0) is 22.8. The minimum absolute atomic E-state index is 0.281. The third-order valence-electron chi connectivity index (χ3n) is 7.18. The van der Waals surface area contributed by atoms with E-state index in [1.807, 2.05) is 25.4 Å². The average Bonchev–Trinajstić information content (AvgIpc) is 3.26. The Morgan fingerprint density at radius 2 is 1.85 bits per heavy atom. The molecule has 0 saturated heterocycles. The quantitative estimate of drug-likeness (QED) is 0.433. The monoisotopic (exact) mass is 449 g/mol. The van der Waals surface area contributed by atoms with Crippen LogP contribution in [0.25, 0.3) is 11.2 Å². The number of rotatable bonds is 6. The van der Waals surface area contributed by atoms with Gasteiger partial charge >= 0.3 is 0 Å². The van der Waals surface area contributed by atoms with Crippen molar-refractivity contribution in [2.75, 3.05) is 10.6 Å². The highest BCUT2D eigenvalue weighted by molar-refractivity contribution is 5.84. The summed E-state index contributed by atoms with van der Waals surface area (Å²) in [7, 11) is 0. The molecule has 33 heavy (non-hydrogen) atoms. The van der Waals surface area contributed by atoms with Gasteiger partial charge < -0.3 is 26.0 Å². The van der Waals surface area contributed by atoms with E-state index in [9.17, 15) is 5.11 Å². The topological polar surface area (TPSA) is 114 Å². The fourth-order valence-corrected chi connectivity index (χ4v) is 5.21. The molecule has 5 N–H and O–H groups in total. The SMILES string of the molecule is Cc1ccc(O)c(CNc2nc(NC3CCC(N)CC3)nc3c2ncn3C2CCCCC2)c1. The summed E-state index contributed by atoms with van der Waals surface area (Å²) in [4.78, 5) is 14.5. The number of anilines is 2. The Morgan fingerprint density at radius 1 is 1.06 bits per heavy atom. The van der Waals surface area contributed by atoms with Crippen LogP contribution in [0.2, 0.25) is 0 Å². The first-order valence-corrected chi connectivity index (χ1v) is 12.4. The number of nitrogens with one attached hydrogen (secondary N) is 2. The Bertz CT molecular complexity index is 1100. The predicted octanol–water partition coefficient (Wildman–Crippen LogP) is 4.64. The predicted molar refractivity (Wildman–Crippen MR) is 131 cm³/mol. The molecule has 1 aromatic carbocycles. The molecule has 3 aromatic rings. The average molecular weight is 450 g/mol. The molecule has 2 fully saturated rings. The summed E-state index contributed by atoms with van der Waals surface area (Å²) in [5.41, 5.74) is 9.70. The van der Waals surface area contributed by atoms with Crippen molar-refractivity contribution in [1.82, 2.24) is 19.5 Å². The normalized spacial score (nSPS) is 21.9. The molecule has 0 bridgehead atoms. The van der Waals surface area contributed by atoms with E-state index in [2.05, 4.69) is 15.2 Å². The molecule has 2 aliphatic carbocycles. The molecule has 0 amide bonds. The number of benzene rings is 1. The van der Waals surface area contributed by atoms with Crippen molar-refractivity contribution in [2.24, 2.45) is 5.73 Å². The van der Waals surface area contributed by atoms with Crippen LogP contribution in [0.3, 0.4) is 0 Å². The van der Waals surface area contributed by atoms with Gasteiger partial charge in [-0.1, -0.05) is 37.0 Å². The first kappa shape index (κ1) is 21.9. The number of hydrogen-bond acceptors (Lipinski definition) is 7. The zero-order valence-corrected chi connectivity index (χ0v) is 19.4. The number of aryl methyl sites for hydroxylation is 1. The first-order valence-electron chi connectivity index (χ1n) is 12.4. The second-order valence-corrected chi connectivity index (χ2v) is 9.75. The van der Waals surface area contributed by atoms with Crippen LogP contribution in [0.15, 0.2) is 24.5 Å². The van der Waals surface area contributed by atoms with Crippen molar-refractivity contribution in [1.29, 1.82) is 0 Å². The molecule has 5 rings (SSSR count). The number of aromatic hydroxyl groups is 1. The van der Waals surface area contributed by atoms with Gasteiger partial charge in [-0.15, -0.1) is 0 Å². The van der Waals surface area contributed by atoms with Gasteiger partial charge in [-0.05, 0) is 51.5 Å². The van der Waals surface area contributed by atoms with Gasteiger partial charge in [-0.25, -0.2) is 4.98 Å². The zero-order valence-electron chi connectivity index (χ0n) is 19.4. The summed E-state index contributed by atoms with van der Waals surface area (Å²) in [5.74, 6) is 1.62. The second-order valence-electron chi connectivity index (χ2n) is 9.75. The molecule has 0 radical (unpaired) electrons. The van der Waals surface area contributed by atoms with Crippen LogP contribution in [0.4, 0.5) is 11.8 Å². The summed E-state index contributed by atoms with van der Waals surface area (Å²) >= 11 is 0. The van der Waals surface area contributed by atoms with E-state index in [1.165, 1.54) is 32.1 Å². The molecule has 8 nitrogen and oxygen atoms in total. The van der Waals surface area contributed by atoms with Crippen LogP contribution < -0.4 is 16.4 Å². The number of hydrogen-bond donors (Lipinski definition) is 4. The van der Waals surface area contributed by atoms with Gasteiger partial charge in [0.05, 0.1) is 6.33 Å². The van der Waals surface area contributed by atoms with Crippen molar-refractivity contribution < 1.29 is 5.11 Å². The molecular weight excluding hydrogens is 414 g/mol. The van der Waals surface area contributed by atoms with Crippen LogP contribution in [0.5, 0.6) is 5.75 Å². The third-order valence-corrected chi connectivity index (χ3v) is 7.18. The van der Waals surface area contributed by atoms with Crippen molar-refractivity contribution >= 4 is 22.9 Å². The number of nitrogens with zero attached hydrogens (tertiary/aromatic N) is 4. The van der Waals surface area contributed by atoms with E-state index in [-0.39, 0.29) is 5.75 Å². The van der Waals surface area contributed by atoms with Crippen molar-refractivity contribution in [3.63, 3.8) is 0 Å². The summed E-state index contributed by atoms with van der Waals surface area (Å²) in [5, 5.41) is 17.3. The number of imidazole rings is 1. The Kier molecular flexibility index (Phi) is 6.35. The van der Waals surface area contributed by atoms with Crippen LogP contribution in [-0.2, 0) is 6.54 Å². The number of aromatic nitrogens is 4. The fraction of sp³-hybridized carbons (Fsp3) is 0.560. The van der Waals surface area contributed by atoms with Crippen molar-refractivity contribution in [3.05, 3.63) is 35.7 Å². The maximum Gasteiger partial charge on any atom is 0.227 e. The molecule has 2 saturated carbocycles. The minimum Gasteiger partial charge on any atom is -0.508 e. The van der Waals surface area contributed by atoms with Crippen LogP contribution in [-0.4, -0.2) is 36.7 Å². The molecule has 0 unspecified atom stereocenters. The van der Waals surface area contributed by atoms with Gasteiger partial charge in [0.15, 0.2) is 17.0 Å². The Labute approximate surface area is 195 Å². The van der Waals surface area contributed by atoms with E-state index in [0.29, 0.717) is 36.4 Å². The Hall–Kier alpha value is -2.87. The Morgan fingerprint density at radius 3 is 2.64 bits per heavy atom. The fourth-order valence-electron chi connectivity index (χ4n) is 5.21. The molecule has 8 heteroatoms. The van der Waals surface area contributed by atoms with E-state index in [1.54, 1.807) is 6.07 Å². The van der Waals surface area contributed by atoms with E-state index in [0.717, 1.165) is 48.0 Å². The summed E-state index contributed by atoms with van der Waals surface area (Å²) in [6.45, 7) is 2.49.